The number of aromatic amines is 1. The summed E-state index contributed by atoms with van der Waals surface area (Å²) >= 11 is 0. The molecular formula is C24H22N8O2S. The molecule has 0 radical (unpaired) electrons. The van der Waals surface area contributed by atoms with Crippen LogP contribution in [-0.4, -0.2) is 42.3 Å². The van der Waals surface area contributed by atoms with Crippen LogP contribution < -0.4 is 0 Å². The number of H-pyrrole nitrogens is 1. The summed E-state index contributed by atoms with van der Waals surface area (Å²) in [7, 11) is -3.81. The van der Waals surface area contributed by atoms with Gasteiger partial charge in [0.2, 0.25) is 0 Å². The summed E-state index contributed by atoms with van der Waals surface area (Å²) < 4.78 is 30.1. The summed E-state index contributed by atoms with van der Waals surface area (Å²) in [5, 5.41) is 20.7. The maximum absolute atomic E-state index is 13.4. The molecule has 4 heterocycles. The van der Waals surface area contributed by atoms with Gasteiger partial charge in [-0.15, -0.1) is 0 Å². The van der Waals surface area contributed by atoms with Gasteiger partial charge in [0, 0.05) is 24.0 Å². The maximum atomic E-state index is 13.4. The van der Waals surface area contributed by atoms with Crippen molar-refractivity contribution < 1.29 is 8.42 Å². The lowest BCUT2D eigenvalue weighted by Crippen LogP contribution is -2.19. The Bertz CT molecular complexity index is 1660. The lowest BCUT2D eigenvalue weighted by Gasteiger charge is -2.29. The lowest BCUT2D eigenvalue weighted by molar-refractivity contribution is 0.283. The van der Waals surface area contributed by atoms with Gasteiger partial charge >= 0.3 is 0 Å². The molecule has 0 amide bonds. The molecule has 0 spiro atoms. The lowest BCUT2D eigenvalue weighted by atomic mass is 9.84. The average Bonchev–Trinajstić information content (AvgIpc) is 3.63. The van der Waals surface area contributed by atoms with E-state index in [1.165, 1.54) is 3.97 Å². The standard InChI is InChI=1S/C24H22N8O2S/c25-12-10-16-6-8-17(9-7-16)32-22-19-11-13-31(35(33,34)18-4-2-1-3-5-18)23(19)26-14-20(22)28-24(32)21-15-27-30-29-21/h1-5,11,13-17H,6-10H2,(H,27,29,30)/t16-,17-. The first-order valence-electron chi connectivity index (χ1n) is 11.5. The van der Waals surface area contributed by atoms with Crippen LogP contribution in [0, 0.1) is 17.2 Å². The first-order valence-corrected chi connectivity index (χ1v) is 12.9. The quantitative estimate of drug-likeness (QED) is 0.396. The second kappa shape index (κ2) is 8.32. The summed E-state index contributed by atoms with van der Waals surface area (Å²) in [5.41, 5.74) is 2.47. The maximum Gasteiger partial charge on any atom is 0.269 e. The van der Waals surface area contributed by atoms with Crippen molar-refractivity contribution in [2.45, 2.75) is 43.0 Å². The van der Waals surface area contributed by atoms with Crippen molar-refractivity contribution in [1.29, 1.82) is 5.26 Å². The highest BCUT2D eigenvalue weighted by molar-refractivity contribution is 7.90. The number of fused-ring (bicyclic) bond motifs is 3. The number of nitriles is 1. The van der Waals surface area contributed by atoms with Crippen LogP contribution >= 0.6 is 0 Å². The van der Waals surface area contributed by atoms with Crippen LogP contribution in [0.1, 0.15) is 38.1 Å². The Morgan fingerprint density at radius 3 is 2.60 bits per heavy atom. The van der Waals surface area contributed by atoms with Crippen LogP contribution in [0.4, 0.5) is 0 Å². The molecule has 4 aromatic heterocycles. The molecule has 1 aliphatic carbocycles. The third-order valence-electron chi connectivity index (χ3n) is 6.83. The van der Waals surface area contributed by atoms with Crippen molar-refractivity contribution in [3.63, 3.8) is 0 Å². The summed E-state index contributed by atoms with van der Waals surface area (Å²) in [4.78, 5) is 9.54. The Morgan fingerprint density at radius 2 is 1.89 bits per heavy atom. The number of rotatable bonds is 5. The average molecular weight is 487 g/mol. The zero-order chi connectivity index (χ0) is 24.0. The smallest absolute Gasteiger partial charge is 0.269 e. The van der Waals surface area contributed by atoms with Crippen LogP contribution in [-0.2, 0) is 10.0 Å². The second-order valence-corrected chi connectivity index (χ2v) is 10.7. The molecule has 0 aliphatic heterocycles. The highest BCUT2D eigenvalue weighted by Crippen LogP contribution is 2.40. The number of nitrogens with zero attached hydrogens (tertiary/aromatic N) is 7. The SMILES string of the molecule is N#CC[C@H]1CC[C@H](n2c(-c3cn[nH]n3)nc3cnc4c(ccn4S(=O)(=O)c4ccccc4)c32)CC1. The molecule has 1 aromatic carbocycles. The first kappa shape index (κ1) is 21.5. The van der Waals surface area contributed by atoms with Crippen LogP contribution in [0.5, 0.6) is 0 Å². The molecule has 1 fully saturated rings. The summed E-state index contributed by atoms with van der Waals surface area (Å²) in [6.45, 7) is 0. The van der Waals surface area contributed by atoms with Gasteiger partial charge in [-0.1, -0.05) is 18.2 Å². The van der Waals surface area contributed by atoms with Gasteiger partial charge in [-0.2, -0.15) is 20.7 Å². The molecule has 1 saturated carbocycles. The third kappa shape index (κ3) is 3.49. The van der Waals surface area contributed by atoms with E-state index in [1.807, 2.05) is 0 Å². The van der Waals surface area contributed by atoms with Crippen LogP contribution in [0.25, 0.3) is 33.6 Å². The van der Waals surface area contributed by atoms with Gasteiger partial charge in [-0.25, -0.2) is 22.4 Å². The van der Waals surface area contributed by atoms with Gasteiger partial charge < -0.3 is 4.57 Å². The molecule has 10 nitrogen and oxygen atoms in total. The van der Waals surface area contributed by atoms with Crippen LogP contribution in [0.2, 0.25) is 0 Å². The van der Waals surface area contributed by atoms with Crippen molar-refractivity contribution in [2.75, 3.05) is 0 Å². The van der Waals surface area contributed by atoms with E-state index in [-0.39, 0.29) is 10.9 Å². The first-order chi connectivity index (χ1) is 17.1. The molecule has 0 bridgehead atoms. The number of hydrogen-bond donors (Lipinski definition) is 1. The molecule has 1 aliphatic rings. The van der Waals surface area contributed by atoms with Crippen molar-refractivity contribution in [3.8, 4) is 17.6 Å². The van der Waals surface area contributed by atoms with E-state index in [0.29, 0.717) is 40.4 Å². The molecule has 5 aromatic rings. The normalized spacial score (nSPS) is 18.7. The highest BCUT2D eigenvalue weighted by atomic mass is 32.2. The van der Waals surface area contributed by atoms with Gasteiger partial charge in [0.15, 0.2) is 11.5 Å². The minimum Gasteiger partial charge on any atom is -0.319 e. The Kier molecular flexibility index (Phi) is 5.11. The predicted octanol–water partition coefficient (Wildman–Crippen LogP) is 4.05. The van der Waals surface area contributed by atoms with E-state index >= 15 is 0 Å². The molecule has 0 saturated heterocycles. The molecule has 1 N–H and O–H groups in total. The van der Waals surface area contributed by atoms with E-state index < -0.39 is 10.0 Å². The largest absolute Gasteiger partial charge is 0.319 e. The van der Waals surface area contributed by atoms with E-state index in [2.05, 4.69) is 31.0 Å². The predicted molar refractivity (Wildman–Crippen MR) is 129 cm³/mol. The second-order valence-electron chi connectivity index (χ2n) is 8.86. The van der Waals surface area contributed by atoms with Crippen molar-refractivity contribution in [3.05, 3.63) is 55.0 Å². The Hall–Kier alpha value is -4.04. The molecule has 35 heavy (non-hydrogen) atoms. The van der Waals surface area contributed by atoms with Crippen molar-refractivity contribution in [2.24, 2.45) is 5.92 Å². The fraction of sp³-hybridized carbons (Fsp3) is 0.292. The molecule has 0 atom stereocenters. The number of nitrogens with one attached hydrogen (secondary N) is 1. The van der Waals surface area contributed by atoms with Crippen LogP contribution in [0.3, 0.4) is 0 Å². The van der Waals surface area contributed by atoms with E-state index in [9.17, 15) is 8.42 Å². The minimum absolute atomic E-state index is 0.140. The van der Waals surface area contributed by atoms with Crippen molar-refractivity contribution >= 4 is 32.1 Å². The van der Waals surface area contributed by atoms with E-state index in [4.69, 9.17) is 10.2 Å². The Balaban J connectivity index is 1.54. The summed E-state index contributed by atoms with van der Waals surface area (Å²) in [5.74, 6) is 1.07. The van der Waals surface area contributed by atoms with E-state index in [0.717, 1.165) is 31.2 Å². The van der Waals surface area contributed by atoms with Gasteiger partial charge in [-0.3, -0.25) is 0 Å². The fourth-order valence-electron chi connectivity index (χ4n) is 5.13. The number of aromatic nitrogens is 7. The molecular weight excluding hydrogens is 464 g/mol. The monoisotopic (exact) mass is 486 g/mol. The summed E-state index contributed by atoms with van der Waals surface area (Å²) in [6, 6.07) is 12.6. The third-order valence-corrected chi connectivity index (χ3v) is 8.51. The number of pyridine rings is 1. The molecule has 0 unspecified atom stereocenters. The Morgan fingerprint density at radius 1 is 1.09 bits per heavy atom. The minimum atomic E-state index is -3.81. The molecule has 176 valence electrons. The van der Waals surface area contributed by atoms with Gasteiger partial charge in [0.25, 0.3) is 10.0 Å². The summed E-state index contributed by atoms with van der Waals surface area (Å²) in [6.07, 6.45) is 9.08. The fourth-order valence-corrected chi connectivity index (χ4v) is 6.45. The van der Waals surface area contributed by atoms with Gasteiger partial charge in [-0.05, 0) is 49.8 Å². The zero-order valence-corrected chi connectivity index (χ0v) is 19.6. The van der Waals surface area contributed by atoms with Crippen LogP contribution in [0.15, 0.2) is 59.9 Å². The number of benzene rings is 1. The number of imidazole rings is 1. The number of hydrogen-bond acceptors (Lipinski definition) is 7. The van der Waals surface area contributed by atoms with E-state index in [1.54, 1.807) is 55.0 Å². The highest BCUT2D eigenvalue weighted by Gasteiger charge is 2.29. The Labute approximate surface area is 201 Å². The molecule has 11 heteroatoms. The van der Waals surface area contributed by atoms with Crippen molar-refractivity contribution in [1.82, 2.24) is 33.9 Å². The molecule has 6 rings (SSSR count). The van der Waals surface area contributed by atoms with Gasteiger partial charge in [0.05, 0.1) is 28.9 Å². The van der Waals surface area contributed by atoms with Gasteiger partial charge in [0.1, 0.15) is 11.2 Å². The topological polar surface area (TPSA) is 135 Å². The zero-order valence-electron chi connectivity index (χ0n) is 18.7.